The van der Waals surface area contributed by atoms with E-state index >= 15 is 0 Å². The van der Waals surface area contributed by atoms with Crippen LogP contribution in [0.5, 0.6) is 11.5 Å². The van der Waals surface area contributed by atoms with E-state index in [1.54, 1.807) is 0 Å². The smallest absolute Gasteiger partial charge is 0.243 e. The van der Waals surface area contributed by atoms with E-state index in [2.05, 4.69) is 9.62 Å². The molecule has 0 radical (unpaired) electrons. The van der Waals surface area contributed by atoms with Crippen molar-refractivity contribution in [3.05, 3.63) is 53.3 Å². The van der Waals surface area contributed by atoms with Gasteiger partial charge in [-0.2, -0.15) is 0 Å². The van der Waals surface area contributed by atoms with Crippen LogP contribution in [0.3, 0.4) is 0 Å². The van der Waals surface area contributed by atoms with Gasteiger partial charge in [0, 0.05) is 24.2 Å². The highest BCUT2D eigenvalue weighted by Gasteiger charge is 2.28. The number of sulfonamides is 1. The van der Waals surface area contributed by atoms with Gasteiger partial charge in [0.15, 0.2) is 11.5 Å². The second-order valence-corrected chi connectivity index (χ2v) is 9.56. The molecule has 2 aromatic carbocycles. The van der Waals surface area contributed by atoms with E-state index in [1.165, 1.54) is 6.07 Å². The summed E-state index contributed by atoms with van der Waals surface area (Å²) in [6.07, 6.45) is 0.681. The van der Waals surface area contributed by atoms with Gasteiger partial charge in [0.05, 0.1) is 6.10 Å². The number of benzene rings is 2. The number of halogens is 2. The second kappa shape index (κ2) is 9.96. The van der Waals surface area contributed by atoms with Crippen molar-refractivity contribution in [2.45, 2.75) is 37.3 Å². The summed E-state index contributed by atoms with van der Waals surface area (Å²) >= 11 is 5.82. The first-order chi connectivity index (χ1) is 14.2. The molecule has 0 aliphatic carbocycles. The Kier molecular flexibility index (Phi) is 7.57. The highest BCUT2D eigenvalue weighted by molar-refractivity contribution is 7.89. The molecule has 1 N–H and O–H groups in total. The van der Waals surface area contributed by atoms with E-state index in [1.807, 2.05) is 38.1 Å². The van der Waals surface area contributed by atoms with E-state index in [-0.39, 0.29) is 17.2 Å². The zero-order chi connectivity index (χ0) is 21.7. The van der Waals surface area contributed by atoms with Gasteiger partial charge in [0.25, 0.3) is 0 Å². The summed E-state index contributed by atoms with van der Waals surface area (Å²) in [4.78, 5) is 1.67. The first-order valence-corrected chi connectivity index (χ1v) is 11.7. The van der Waals surface area contributed by atoms with Crippen molar-refractivity contribution in [3.8, 4) is 11.5 Å². The molecule has 3 rings (SSSR count). The summed E-state index contributed by atoms with van der Waals surface area (Å²) in [6, 6.07) is 10.7. The molecule has 2 aromatic rings. The fourth-order valence-electron chi connectivity index (χ4n) is 3.30. The van der Waals surface area contributed by atoms with Crippen LogP contribution in [0, 0.1) is 5.82 Å². The molecular weight excluding hydrogens is 431 g/mol. The highest BCUT2D eigenvalue weighted by Crippen LogP contribution is 2.27. The van der Waals surface area contributed by atoms with Gasteiger partial charge in [-0.05, 0) is 57.1 Å². The van der Waals surface area contributed by atoms with E-state index < -0.39 is 20.7 Å². The van der Waals surface area contributed by atoms with Crippen LogP contribution in [0.15, 0.2) is 47.4 Å². The Morgan fingerprint density at radius 1 is 1.23 bits per heavy atom. The van der Waals surface area contributed by atoms with Crippen molar-refractivity contribution in [3.63, 3.8) is 0 Å². The molecular formula is C21H26ClFN2O4S. The molecule has 1 atom stereocenters. The SMILES string of the molecule is CC(C)Oc1ccccc1OCCN1CC[C@H](NS(=O)(=O)c2cc(Cl)ccc2F)C1. The van der Waals surface area contributed by atoms with Crippen LogP contribution in [-0.2, 0) is 10.0 Å². The van der Waals surface area contributed by atoms with Crippen molar-refractivity contribution in [1.29, 1.82) is 0 Å². The largest absolute Gasteiger partial charge is 0.488 e. The molecule has 0 spiro atoms. The number of ether oxygens (including phenoxy) is 2. The predicted octanol–water partition coefficient (Wildman–Crippen LogP) is 3.70. The summed E-state index contributed by atoms with van der Waals surface area (Å²) in [5.41, 5.74) is 0. The van der Waals surface area contributed by atoms with Gasteiger partial charge in [-0.25, -0.2) is 17.5 Å². The predicted molar refractivity (Wildman–Crippen MR) is 114 cm³/mol. The summed E-state index contributed by atoms with van der Waals surface area (Å²) in [5.74, 6) is 0.555. The van der Waals surface area contributed by atoms with Gasteiger partial charge < -0.3 is 9.47 Å². The molecule has 1 aliphatic rings. The van der Waals surface area contributed by atoms with Crippen LogP contribution in [0.2, 0.25) is 5.02 Å². The number of nitrogens with zero attached hydrogens (tertiary/aromatic N) is 1. The maximum Gasteiger partial charge on any atom is 0.243 e. The molecule has 9 heteroatoms. The maximum atomic E-state index is 13.9. The normalized spacial score (nSPS) is 17.4. The van der Waals surface area contributed by atoms with Gasteiger partial charge >= 0.3 is 0 Å². The summed E-state index contributed by atoms with van der Waals surface area (Å²) in [7, 11) is -3.98. The molecule has 0 bridgehead atoms. The quantitative estimate of drug-likeness (QED) is 0.623. The maximum absolute atomic E-state index is 13.9. The Morgan fingerprint density at radius 3 is 2.70 bits per heavy atom. The fraction of sp³-hybridized carbons (Fsp3) is 0.429. The average molecular weight is 457 g/mol. The summed E-state index contributed by atoms with van der Waals surface area (Å²) in [6.45, 7) is 6.24. The van der Waals surface area contributed by atoms with Gasteiger partial charge in [-0.15, -0.1) is 0 Å². The fourth-order valence-corrected chi connectivity index (χ4v) is 4.91. The van der Waals surface area contributed by atoms with Crippen LogP contribution in [0.1, 0.15) is 20.3 Å². The molecule has 1 fully saturated rings. The number of nitrogens with one attached hydrogen (secondary N) is 1. The molecule has 0 saturated carbocycles. The third kappa shape index (κ3) is 6.07. The van der Waals surface area contributed by atoms with Crippen molar-refractivity contribution < 1.29 is 22.3 Å². The lowest BCUT2D eigenvalue weighted by Gasteiger charge is -2.19. The van der Waals surface area contributed by atoms with Crippen molar-refractivity contribution >= 4 is 21.6 Å². The van der Waals surface area contributed by atoms with E-state index in [0.29, 0.717) is 37.6 Å². The topological polar surface area (TPSA) is 67.9 Å². The summed E-state index contributed by atoms with van der Waals surface area (Å²) < 4.78 is 53.2. The number of likely N-dealkylation sites (tertiary alicyclic amines) is 1. The highest BCUT2D eigenvalue weighted by atomic mass is 35.5. The van der Waals surface area contributed by atoms with Gasteiger partial charge in [0.1, 0.15) is 17.3 Å². The minimum atomic E-state index is -3.98. The van der Waals surface area contributed by atoms with Gasteiger partial charge in [-0.3, -0.25) is 4.90 Å². The Hall–Kier alpha value is -1.87. The minimum Gasteiger partial charge on any atom is -0.488 e. The third-order valence-corrected chi connectivity index (χ3v) is 6.42. The molecule has 0 aromatic heterocycles. The number of hydrogen-bond donors (Lipinski definition) is 1. The van der Waals surface area contributed by atoms with Gasteiger partial charge in [-0.1, -0.05) is 23.7 Å². The van der Waals surface area contributed by atoms with Crippen molar-refractivity contribution in [1.82, 2.24) is 9.62 Å². The molecule has 1 aliphatic heterocycles. The molecule has 6 nitrogen and oxygen atoms in total. The molecule has 30 heavy (non-hydrogen) atoms. The lowest BCUT2D eigenvalue weighted by atomic mass is 10.3. The van der Waals surface area contributed by atoms with Crippen LogP contribution in [0.4, 0.5) is 4.39 Å². The van der Waals surface area contributed by atoms with Crippen LogP contribution < -0.4 is 14.2 Å². The molecule has 1 heterocycles. The van der Waals surface area contributed by atoms with Crippen LogP contribution >= 0.6 is 11.6 Å². The molecule has 0 unspecified atom stereocenters. The van der Waals surface area contributed by atoms with E-state index in [4.69, 9.17) is 21.1 Å². The van der Waals surface area contributed by atoms with Crippen LogP contribution in [-0.4, -0.2) is 51.7 Å². The first-order valence-electron chi connectivity index (χ1n) is 9.83. The molecule has 164 valence electrons. The average Bonchev–Trinajstić information content (AvgIpc) is 3.11. The Morgan fingerprint density at radius 2 is 1.97 bits per heavy atom. The van der Waals surface area contributed by atoms with Crippen molar-refractivity contribution in [2.24, 2.45) is 0 Å². The van der Waals surface area contributed by atoms with Crippen molar-refractivity contribution in [2.75, 3.05) is 26.2 Å². The lowest BCUT2D eigenvalue weighted by Crippen LogP contribution is -2.38. The Balaban J connectivity index is 1.51. The number of rotatable bonds is 9. The lowest BCUT2D eigenvalue weighted by molar-refractivity contribution is 0.204. The zero-order valence-electron chi connectivity index (χ0n) is 17.0. The Bertz CT molecular complexity index is 971. The number of hydrogen-bond acceptors (Lipinski definition) is 5. The zero-order valence-corrected chi connectivity index (χ0v) is 18.5. The standard InChI is InChI=1S/C21H26ClFN2O4S/c1-15(2)29-20-6-4-3-5-19(20)28-12-11-25-10-9-17(14-25)24-30(26,27)21-13-16(22)7-8-18(21)23/h3-8,13,15,17,24H,9-12,14H2,1-2H3/t17-/m0/s1. The first kappa shape index (κ1) is 22.8. The molecule has 1 saturated heterocycles. The third-order valence-electron chi connectivity index (χ3n) is 4.65. The Labute approximate surface area is 182 Å². The minimum absolute atomic E-state index is 0.0476. The van der Waals surface area contributed by atoms with E-state index in [9.17, 15) is 12.8 Å². The summed E-state index contributed by atoms with van der Waals surface area (Å²) in [5, 5.41) is 0.170. The monoisotopic (exact) mass is 456 g/mol. The number of para-hydroxylation sites is 2. The van der Waals surface area contributed by atoms with Crippen LogP contribution in [0.25, 0.3) is 0 Å². The van der Waals surface area contributed by atoms with Gasteiger partial charge in [0.2, 0.25) is 10.0 Å². The second-order valence-electron chi connectivity index (χ2n) is 7.44. The molecule has 0 amide bonds. The van der Waals surface area contributed by atoms with E-state index in [0.717, 1.165) is 18.7 Å².